The lowest BCUT2D eigenvalue weighted by Crippen LogP contribution is -1.91. The van der Waals surface area contributed by atoms with Gasteiger partial charge in [0.05, 0.1) is 5.69 Å². The van der Waals surface area contributed by atoms with Gasteiger partial charge in [-0.15, -0.1) is 0 Å². The number of anilines is 1. The second kappa shape index (κ2) is 4.85. The summed E-state index contributed by atoms with van der Waals surface area (Å²) in [5.74, 6) is 0. The van der Waals surface area contributed by atoms with Crippen molar-refractivity contribution in [2.45, 2.75) is 0 Å². The van der Waals surface area contributed by atoms with E-state index < -0.39 is 0 Å². The van der Waals surface area contributed by atoms with Crippen LogP contribution in [0.15, 0.2) is 33.8 Å². The standard InChI is InChI=1S/C8H5BrClN3/c9-6-1-3-7(4-2-6)12-13-8(10)5-11/h1-4,12H/b13-8+. The maximum atomic E-state index is 8.30. The third-order valence-corrected chi connectivity index (χ3v) is 1.92. The van der Waals surface area contributed by atoms with E-state index in [1.165, 1.54) is 0 Å². The van der Waals surface area contributed by atoms with Crippen LogP contribution in [-0.2, 0) is 0 Å². The minimum absolute atomic E-state index is 0.122. The second-order valence-electron chi connectivity index (χ2n) is 2.13. The van der Waals surface area contributed by atoms with Crippen molar-refractivity contribution in [3.63, 3.8) is 0 Å². The van der Waals surface area contributed by atoms with Crippen molar-refractivity contribution in [2.75, 3.05) is 5.43 Å². The fourth-order valence-corrected chi connectivity index (χ4v) is 0.970. The normalized spacial score (nSPS) is 10.7. The van der Waals surface area contributed by atoms with Crippen molar-refractivity contribution in [2.24, 2.45) is 5.10 Å². The van der Waals surface area contributed by atoms with E-state index in [1.807, 2.05) is 24.3 Å². The van der Waals surface area contributed by atoms with Gasteiger partial charge < -0.3 is 0 Å². The van der Waals surface area contributed by atoms with Crippen molar-refractivity contribution in [3.8, 4) is 6.07 Å². The summed E-state index contributed by atoms with van der Waals surface area (Å²) >= 11 is 8.66. The first-order valence-electron chi connectivity index (χ1n) is 3.37. The molecule has 0 amide bonds. The Balaban J connectivity index is 2.67. The number of halogens is 2. The zero-order chi connectivity index (χ0) is 9.68. The highest BCUT2D eigenvalue weighted by Crippen LogP contribution is 2.13. The lowest BCUT2D eigenvalue weighted by atomic mass is 10.3. The van der Waals surface area contributed by atoms with Crippen LogP contribution in [0.25, 0.3) is 0 Å². The average Bonchev–Trinajstić information content (AvgIpc) is 2.16. The van der Waals surface area contributed by atoms with Crippen LogP contribution < -0.4 is 5.43 Å². The van der Waals surface area contributed by atoms with E-state index in [2.05, 4.69) is 26.5 Å². The summed E-state index contributed by atoms with van der Waals surface area (Å²) in [5.41, 5.74) is 3.41. The third kappa shape index (κ3) is 3.45. The van der Waals surface area contributed by atoms with Gasteiger partial charge in [0.25, 0.3) is 0 Å². The molecule has 0 unspecified atom stereocenters. The van der Waals surface area contributed by atoms with E-state index in [-0.39, 0.29) is 5.17 Å². The van der Waals surface area contributed by atoms with Crippen LogP contribution in [-0.4, -0.2) is 5.17 Å². The molecule has 0 aromatic heterocycles. The molecule has 13 heavy (non-hydrogen) atoms. The van der Waals surface area contributed by atoms with E-state index in [0.29, 0.717) is 0 Å². The number of hydrogen-bond donors (Lipinski definition) is 1. The van der Waals surface area contributed by atoms with E-state index in [1.54, 1.807) is 6.07 Å². The number of hydrogen-bond acceptors (Lipinski definition) is 3. The molecule has 66 valence electrons. The SMILES string of the molecule is N#C/C(Cl)=N\Nc1ccc(Br)cc1. The summed E-state index contributed by atoms with van der Waals surface area (Å²) in [6.07, 6.45) is 0. The molecule has 0 radical (unpaired) electrons. The van der Waals surface area contributed by atoms with Gasteiger partial charge >= 0.3 is 0 Å². The Morgan fingerprint density at radius 1 is 1.46 bits per heavy atom. The van der Waals surface area contributed by atoms with Gasteiger partial charge in [-0.2, -0.15) is 10.4 Å². The minimum Gasteiger partial charge on any atom is -0.276 e. The fourth-order valence-electron chi connectivity index (χ4n) is 0.663. The second-order valence-corrected chi connectivity index (χ2v) is 3.41. The van der Waals surface area contributed by atoms with E-state index >= 15 is 0 Å². The van der Waals surface area contributed by atoms with Crippen LogP contribution in [0, 0.1) is 11.3 Å². The van der Waals surface area contributed by atoms with Gasteiger partial charge in [0.2, 0.25) is 5.17 Å². The first-order chi connectivity index (χ1) is 6.22. The molecule has 5 heteroatoms. The molecule has 0 spiro atoms. The number of hydrazone groups is 1. The van der Waals surface area contributed by atoms with Crippen molar-refractivity contribution in [3.05, 3.63) is 28.7 Å². The van der Waals surface area contributed by atoms with Crippen LogP contribution >= 0.6 is 27.5 Å². The smallest absolute Gasteiger partial charge is 0.226 e. The predicted octanol–water partition coefficient (Wildman–Crippen LogP) is 2.94. The predicted molar refractivity (Wildman–Crippen MR) is 56.7 cm³/mol. The summed E-state index contributed by atoms with van der Waals surface area (Å²) in [5, 5.41) is 11.8. The summed E-state index contributed by atoms with van der Waals surface area (Å²) in [6.45, 7) is 0. The third-order valence-electron chi connectivity index (χ3n) is 1.22. The van der Waals surface area contributed by atoms with Crippen LogP contribution in [0.4, 0.5) is 5.69 Å². The maximum Gasteiger partial charge on any atom is 0.226 e. The quantitative estimate of drug-likeness (QED) is 0.655. The molecule has 1 aromatic carbocycles. The molecule has 0 atom stereocenters. The Bertz CT molecular complexity index is 353. The van der Waals surface area contributed by atoms with Crippen molar-refractivity contribution >= 4 is 38.4 Å². The zero-order valence-corrected chi connectivity index (χ0v) is 8.80. The number of nitriles is 1. The van der Waals surface area contributed by atoms with Crippen LogP contribution in [0.5, 0.6) is 0 Å². The van der Waals surface area contributed by atoms with Gasteiger partial charge in [0.15, 0.2) is 0 Å². The Labute approximate surface area is 89.1 Å². The van der Waals surface area contributed by atoms with E-state index in [9.17, 15) is 0 Å². The number of benzene rings is 1. The van der Waals surface area contributed by atoms with Gasteiger partial charge in [0.1, 0.15) is 6.07 Å². The molecule has 0 aliphatic carbocycles. The lowest BCUT2D eigenvalue weighted by molar-refractivity contribution is 1.35. The highest BCUT2D eigenvalue weighted by molar-refractivity contribution is 9.10. The first-order valence-corrected chi connectivity index (χ1v) is 4.54. The minimum atomic E-state index is -0.122. The van der Waals surface area contributed by atoms with Crippen molar-refractivity contribution in [1.29, 1.82) is 5.26 Å². The van der Waals surface area contributed by atoms with Gasteiger partial charge in [-0.25, -0.2) is 0 Å². The number of rotatable bonds is 2. The first kappa shape index (κ1) is 10.0. The molecule has 1 rings (SSSR count). The summed E-state index contributed by atoms with van der Waals surface area (Å²) in [7, 11) is 0. The average molecular weight is 259 g/mol. The molecule has 1 N–H and O–H groups in total. The van der Waals surface area contributed by atoms with Gasteiger partial charge in [-0.3, -0.25) is 5.43 Å². The lowest BCUT2D eigenvalue weighted by Gasteiger charge is -1.98. The Kier molecular flexibility index (Phi) is 3.74. The molecule has 0 aliphatic rings. The zero-order valence-electron chi connectivity index (χ0n) is 6.46. The summed E-state index contributed by atoms with van der Waals surface area (Å²) in [4.78, 5) is 0. The van der Waals surface area contributed by atoms with Gasteiger partial charge in [-0.1, -0.05) is 15.9 Å². The molecule has 3 nitrogen and oxygen atoms in total. The molecular formula is C8H5BrClN3. The van der Waals surface area contributed by atoms with Crippen LogP contribution in [0.1, 0.15) is 0 Å². The van der Waals surface area contributed by atoms with Crippen LogP contribution in [0.2, 0.25) is 0 Å². The van der Waals surface area contributed by atoms with Crippen molar-refractivity contribution in [1.82, 2.24) is 0 Å². The van der Waals surface area contributed by atoms with E-state index in [4.69, 9.17) is 16.9 Å². The van der Waals surface area contributed by atoms with Gasteiger partial charge in [0, 0.05) is 4.47 Å². The van der Waals surface area contributed by atoms with Gasteiger partial charge in [-0.05, 0) is 35.9 Å². The number of nitrogens with one attached hydrogen (secondary N) is 1. The maximum absolute atomic E-state index is 8.30. The molecule has 0 bridgehead atoms. The van der Waals surface area contributed by atoms with E-state index in [0.717, 1.165) is 10.2 Å². The van der Waals surface area contributed by atoms with Crippen LogP contribution in [0.3, 0.4) is 0 Å². The Morgan fingerprint density at radius 2 is 2.08 bits per heavy atom. The monoisotopic (exact) mass is 257 g/mol. The highest BCUT2D eigenvalue weighted by atomic mass is 79.9. The molecule has 1 aromatic rings. The molecule has 0 heterocycles. The molecule has 0 saturated carbocycles. The number of nitrogens with zero attached hydrogens (tertiary/aromatic N) is 2. The summed E-state index contributed by atoms with van der Waals surface area (Å²) in [6, 6.07) is 9.04. The fraction of sp³-hybridized carbons (Fsp3) is 0. The topological polar surface area (TPSA) is 48.2 Å². The Hall–Kier alpha value is -1.05. The molecular weight excluding hydrogens is 253 g/mol. The highest BCUT2D eigenvalue weighted by Gasteiger charge is 1.91. The van der Waals surface area contributed by atoms with Crippen molar-refractivity contribution < 1.29 is 0 Å². The largest absolute Gasteiger partial charge is 0.276 e. The molecule has 0 aliphatic heterocycles. The molecule has 0 saturated heterocycles. The summed E-state index contributed by atoms with van der Waals surface area (Å²) < 4.78 is 0.980. The molecule has 0 fully saturated rings. The Morgan fingerprint density at radius 3 is 2.62 bits per heavy atom.